The summed E-state index contributed by atoms with van der Waals surface area (Å²) in [6.07, 6.45) is 1.92. The van der Waals surface area contributed by atoms with Crippen LogP contribution in [0.1, 0.15) is 33.8 Å². The fraction of sp³-hybridized carbons (Fsp3) is 0.278. The first kappa shape index (κ1) is 12.7. The topological polar surface area (TPSA) is 17.1 Å². The van der Waals surface area contributed by atoms with E-state index in [1.165, 1.54) is 23.3 Å². The zero-order chi connectivity index (χ0) is 14.6. The second-order valence-corrected chi connectivity index (χ2v) is 5.92. The lowest BCUT2D eigenvalue weighted by molar-refractivity contribution is 0.0954. The molecule has 1 fully saturated rings. The standard InChI is InChI=1S/C18H14F2O/c19-14-7-3-6-13(17(14)20)18(21)16-12-9-8-10-4-1-2-5-11(10)15(12)16/h1-7,12,15-16H,8-9H2. The van der Waals surface area contributed by atoms with E-state index in [4.69, 9.17) is 0 Å². The monoisotopic (exact) mass is 284 g/mol. The molecule has 0 bridgehead atoms. The molecule has 1 nitrogen and oxygen atoms in total. The number of Topliss-reactive ketones (excluding diaryl/α,β-unsaturated/α-hetero) is 1. The van der Waals surface area contributed by atoms with Gasteiger partial charge in [-0.15, -0.1) is 0 Å². The van der Waals surface area contributed by atoms with Crippen LogP contribution in [0.15, 0.2) is 42.5 Å². The summed E-state index contributed by atoms with van der Waals surface area (Å²) in [7, 11) is 0. The van der Waals surface area contributed by atoms with Gasteiger partial charge in [-0.25, -0.2) is 8.78 Å². The maximum absolute atomic E-state index is 13.8. The van der Waals surface area contributed by atoms with Crippen LogP contribution in [0.3, 0.4) is 0 Å². The highest BCUT2D eigenvalue weighted by Crippen LogP contribution is 2.60. The Morgan fingerprint density at radius 1 is 1.05 bits per heavy atom. The predicted molar refractivity (Wildman–Crippen MR) is 75.2 cm³/mol. The van der Waals surface area contributed by atoms with Crippen molar-refractivity contribution in [3.05, 3.63) is 70.8 Å². The molecule has 0 amide bonds. The Labute approximate surface area is 121 Å². The first-order valence-electron chi connectivity index (χ1n) is 7.24. The maximum atomic E-state index is 13.8. The lowest BCUT2D eigenvalue weighted by atomic mass is 9.92. The molecule has 4 rings (SSSR count). The molecule has 0 N–H and O–H groups in total. The van der Waals surface area contributed by atoms with E-state index in [1.54, 1.807) is 0 Å². The lowest BCUT2D eigenvalue weighted by Crippen LogP contribution is -2.08. The van der Waals surface area contributed by atoms with Crippen molar-refractivity contribution >= 4 is 5.78 Å². The zero-order valence-corrected chi connectivity index (χ0v) is 11.4. The van der Waals surface area contributed by atoms with Crippen molar-refractivity contribution in [1.29, 1.82) is 0 Å². The molecule has 3 unspecified atom stereocenters. The van der Waals surface area contributed by atoms with Gasteiger partial charge in [0.1, 0.15) is 0 Å². The minimum Gasteiger partial charge on any atom is -0.294 e. The number of carbonyl (C=O) groups excluding carboxylic acids is 1. The van der Waals surface area contributed by atoms with Crippen molar-refractivity contribution in [2.45, 2.75) is 18.8 Å². The van der Waals surface area contributed by atoms with Crippen LogP contribution in [-0.2, 0) is 6.42 Å². The van der Waals surface area contributed by atoms with Crippen LogP contribution in [-0.4, -0.2) is 5.78 Å². The Kier molecular flexibility index (Phi) is 2.71. The minimum atomic E-state index is -1.01. The third-order valence-electron chi connectivity index (χ3n) is 4.85. The molecular formula is C18H14F2O. The molecule has 2 aliphatic rings. The molecule has 2 aromatic carbocycles. The Hall–Kier alpha value is -2.03. The van der Waals surface area contributed by atoms with Crippen molar-refractivity contribution in [3.63, 3.8) is 0 Å². The molecule has 0 spiro atoms. The van der Waals surface area contributed by atoms with Crippen LogP contribution in [0.2, 0.25) is 0 Å². The minimum absolute atomic E-state index is 0.105. The van der Waals surface area contributed by atoms with Crippen LogP contribution in [0.25, 0.3) is 0 Å². The van der Waals surface area contributed by atoms with E-state index in [9.17, 15) is 13.6 Å². The second kappa shape index (κ2) is 4.48. The molecule has 106 valence electrons. The van der Waals surface area contributed by atoms with Crippen LogP contribution in [0.5, 0.6) is 0 Å². The molecule has 0 aromatic heterocycles. The first-order valence-corrected chi connectivity index (χ1v) is 7.24. The third kappa shape index (κ3) is 1.84. The summed E-state index contributed by atoms with van der Waals surface area (Å²) in [6.45, 7) is 0. The van der Waals surface area contributed by atoms with E-state index >= 15 is 0 Å². The van der Waals surface area contributed by atoms with Crippen molar-refractivity contribution in [2.24, 2.45) is 11.8 Å². The molecule has 0 saturated heterocycles. The number of ketones is 1. The van der Waals surface area contributed by atoms with E-state index < -0.39 is 11.6 Å². The zero-order valence-electron chi connectivity index (χ0n) is 11.4. The van der Waals surface area contributed by atoms with Crippen molar-refractivity contribution in [2.75, 3.05) is 0 Å². The number of hydrogen-bond donors (Lipinski definition) is 0. The van der Waals surface area contributed by atoms with Crippen LogP contribution < -0.4 is 0 Å². The van der Waals surface area contributed by atoms with Crippen molar-refractivity contribution < 1.29 is 13.6 Å². The Bertz CT molecular complexity index is 738. The highest BCUT2D eigenvalue weighted by molar-refractivity contribution is 6.01. The van der Waals surface area contributed by atoms with Gasteiger partial charge in [0.15, 0.2) is 17.4 Å². The molecule has 1 saturated carbocycles. The summed E-state index contributed by atoms with van der Waals surface area (Å²) in [5, 5.41) is 0. The number of fused-ring (bicyclic) bond motifs is 3. The molecule has 3 heteroatoms. The molecule has 0 radical (unpaired) electrons. The quantitative estimate of drug-likeness (QED) is 0.758. The molecule has 2 aromatic rings. The summed E-state index contributed by atoms with van der Waals surface area (Å²) in [5.74, 6) is -1.94. The van der Waals surface area contributed by atoms with Crippen LogP contribution in [0.4, 0.5) is 8.78 Å². The van der Waals surface area contributed by atoms with Crippen molar-refractivity contribution in [3.8, 4) is 0 Å². The van der Waals surface area contributed by atoms with Gasteiger partial charge in [0.25, 0.3) is 0 Å². The molecule has 0 heterocycles. The van der Waals surface area contributed by atoms with Gasteiger partial charge >= 0.3 is 0 Å². The predicted octanol–water partition coefficient (Wildman–Crippen LogP) is 4.12. The van der Waals surface area contributed by atoms with Crippen LogP contribution >= 0.6 is 0 Å². The normalized spacial score (nSPS) is 25.9. The van der Waals surface area contributed by atoms with Gasteiger partial charge in [-0.1, -0.05) is 30.3 Å². The summed E-state index contributed by atoms with van der Waals surface area (Å²) in [5.41, 5.74) is 2.39. The van der Waals surface area contributed by atoms with Gasteiger partial charge in [-0.3, -0.25) is 4.79 Å². The Morgan fingerprint density at radius 3 is 2.71 bits per heavy atom. The van der Waals surface area contributed by atoms with E-state index in [0.29, 0.717) is 0 Å². The Balaban J connectivity index is 1.68. The summed E-state index contributed by atoms with van der Waals surface area (Å²) >= 11 is 0. The third-order valence-corrected chi connectivity index (χ3v) is 4.85. The first-order chi connectivity index (χ1) is 10.2. The van der Waals surface area contributed by atoms with E-state index in [2.05, 4.69) is 12.1 Å². The number of aryl methyl sites for hydroxylation is 1. The van der Waals surface area contributed by atoms with Gasteiger partial charge < -0.3 is 0 Å². The summed E-state index contributed by atoms with van der Waals surface area (Å²) < 4.78 is 27.1. The lowest BCUT2D eigenvalue weighted by Gasteiger charge is -2.13. The van der Waals surface area contributed by atoms with Crippen LogP contribution in [0, 0.1) is 23.5 Å². The number of benzene rings is 2. The van der Waals surface area contributed by atoms with Gasteiger partial charge in [0.05, 0.1) is 5.56 Å². The van der Waals surface area contributed by atoms with Gasteiger partial charge in [-0.05, 0) is 47.9 Å². The molecule has 3 atom stereocenters. The average Bonchev–Trinajstić information content (AvgIpc) is 3.24. The average molecular weight is 284 g/mol. The fourth-order valence-electron chi connectivity index (χ4n) is 3.80. The largest absolute Gasteiger partial charge is 0.294 e. The van der Waals surface area contributed by atoms with Gasteiger partial charge in [0, 0.05) is 5.92 Å². The number of rotatable bonds is 2. The SMILES string of the molecule is O=C(c1cccc(F)c1F)C1C2CCc3ccccc3C21. The summed E-state index contributed by atoms with van der Waals surface area (Å²) in [4.78, 5) is 12.5. The van der Waals surface area contributed by atoms with E-state index in [-0.39, 0.29) is 29.1 Å². The molecular weight excluding hydrogens is 270 g/mol. The van der Waals surface area contributed by atoms with Gasteiger partial charge in [-0.2, -0.15) is 0 Å². The molecule has 0 aliphatic heterocycles. The second-order valence-electron chi connectivity index (χ2n) is 5.92. The Morgan fingerprint density at radius 2 is 1.86 bits per heavy atom. The summed E-state index contributed by atoms with van der Waals surface area (Å²) in [6, 6.07) is 12.0. The number of halogens is 2. The molecule has 21 heavy (non-hydrogen) atoms. The van der Waals surface area contributed by atoms with Crippen molar-refractivity contribution in [1.82, 2.24) is 0 Å². The van der Waals surface area contributed by atoms with E-state index in [0.717, 1.165) is 18.9 Å². The smallest absolute Gasteiger partial charge is 0.169 e. The highest BCUT2D eigenvalue weighted by Gasteiger charge is 2.57. The fourth-order valence-corrected chi connectivity index (χ4v) is 3.80. The number of hydrogen-bond acceptors (Lipinski definition) is 1. The molecule has 2 aliphatic carbocycles. The maximum Gasteiger partial charge on any atom is 0.169 e. The number of carbonyl (C=O) groups is 1. The van der Waals surface area contributed by atoms with E-state index in [1.807, 2.05) is 12.1 Å². The van der Waals surface area contributed by atoms with Gasteiger partial charge in [0.2, 0.25) is 0 Å². The highest BCUT2D eigenvalue weighted by atomic mass is 19.2.